The molecule has 13 rings (SSSR count). The van der Waals surface area contributed by atoms with E-state index < -0.39 is 0 Å². The SMILES string of the molecule is CC(C)(C)c1cc(N(c2ccccc2)c2ccccc2)c2c(c1)c1cc(C(C)(C)C)cc3c4cc5c(cc4n2c31)c1cc2ccccc2c2c3c4ccccc4ccc3n5c12. The van der Waals surface area contributed by atoms with E-state index in [0.29, 0.717) is 0 Å². The van der Waals surface area contributed by atoms with Gasteiger partial charge in [0, 0.05) is 54.5 Å². The lowest BCUT2D eigenvalue weighted by atomic mass is 9.84. The molecular weight excluding hydrogens is 739 g/mol. The molecule has 0 radical (unpaired) electrons. The second kappa shape index (κ2) is 11.8. The van der Waals surface area contributed by atoms with Crippen molar-refractivity contribution in [2.45, 2.75) is 52.4 Å². The van der Waals surface area contributed by atoms with Crippen LogP contribution in [-0.2, 0) is 10.8 Å². The van der Waals surface area contributed by atoms with Gasteiger partial charge in [0.2, 0.25) is 0 Å². The van der Waals surface area contributed by atoms with E-state index >= 15 is 0 Å². The molecule has 0 atom stereocenters. The van der Waals surface area contributed by atoms with E-state index in [1.807, 2.05) is 0 Å². The van der Waals surface area contributed by atoms with Gasteiger partial charge >= 0.3 is 0 Å². The highest BCUT2D eigenvalue weighted by Gasteiger charge is 2.30. The molecule has 0 amide bonds. The van der Waals surface area contributed by atoms with Gasteiger partial charge in [0.05, 0.1) is 38.8 Å². The van der Waals surface area contributed by atoms with Crippen molar-refractivity contribution in [2.24, 2.45) is 0 Å². The minimum Gasteiger partial charge on any atom is -0.308 e. The quantitative estimate of drug-likeness (QED) is 0.174. The van der Waals surface area contributed by atoms with Crippen LogP contribution in [0.2, 0.25) is 0 Å². The number of fused-ring (bicyclic) bond motifs is 16. The number of para-hydroxylation sites is 2. The average Bonchev–Trinajstić information content (AvgIpc) is 3.99. The Morgan fingerprint density at radius 3 is 1.46 bits per heavy atom. The van der Waals surface area contributed by atoms with E-state index in [1.165, 1.54) is 115 Å². The number of hydrogen-bond acceptors (Lipinski definition) is 1. The lowest BCUT2D eigenvalue weighted by Crippen LogP contribution is -2.15. The zero-order chi connectivity index (χ0) is 41.1. The van der Waals surface area contributed by atoms with Gasteiger partial charge in [0.1, 0.15) is 0 Å². The Kier molecular flexibility index (Phi) is 6.72. The second-order valence-corrected chi connectivity index (χ2v) is 19.4. The van der Waals surface area contributed by atoms with Crippen LogP contribution < -0.4 is 4.90 Å². The third-order valence-electron chi connectivity index (χ3n) is 13.8. The number of nitrogens with zero attached hydrogens (tertiary/aromatic N) is 3. The van der Waals surface area contributed by atoms with E-state index in [1.54, 1.807) is 0 Å². The van der Waals surface area contributed by atoms with Gasteiger partial charge in [-0.25, -0.2) is 0 Å². The lowest BCUT2D eigenvalue weighted by molar-refractivity contribution is 0.591. The minimum absolute atomic E-state index is 0.0522. The molecule has 0 bridgehead atoms. The maximum atomic E-state index is 2.63. The molecule has 0 fully saturated rings. The summed E-state index contributed by atoms with van der Waals surface area (Å²) in [5, 5.41) is 15.6. The highest BCUT2D eigenvalue weighted by molar-refractivity contribution is 6.36. The van der Waals surface area contributed by atoms with Gasteiger partial charge in [-0.2, -0.15) is 0 Å². The third-order valence-corrected chi connectivity index (χ3v) is 13.8. The van der Waals surface area contributed by atoms with Crippen LogP contribution >= 0.6 is 0 Å². The van der Waals surface area contributed by atoms with Gasteiger partial charge in [-0.1, -0.05) is 133 Å². The molecule has 0 aliphatic rings. The zero-order valence-electron chi connectivity index (χ0n) is 35.4. The molecule has 0 aliphatic carbocycles. The Morgan fingerprint density at radius 2 is 0.836 bits per heavy atom. The molecule has 0 aliphatic heterocycles. The van der Waals surface area contributed by atoms with Crippen LogP contribution in [0, 0.1) is 0 Å². The van der Waals surface area contributed by atoms with Crippen LogP contribution in [0.3, 0.4) is 0 Å². The molecule has 13 aromatic rings. The second-order valence-electron chi connectivity index (χ2n) is 19.4. The monoisotopic (exact) mass is 783 g/mol. The lowest BCUT2D eigenvalue weighted by Gasteiger charge is -2.29. The molecule has 9 aromatic carbocycles. The number of hydrogen-bond donors (Lipinski definition) is 0. The topological polar surface area (TPSA) is 12.1 Å². The van der Waals surface area contributed by atoms with Crippen molar-refractivity contribution >= 4 is 115 Å². The summed E-state index contributed by atoms with van der Waals surface area (Å²) in [6.07, 6.45) is 0. The average molecular weight is 784 g/mol. The summed E-state index contributed by atoms with van der Waals surface area (Å²) in [5.74, 6) is 0. The molecule has 61 heavy (non-hydrogen) atoms. The third kappa shape index (κ3) is 4.64. The van der Waals surface area contributed by atoms with E-state index in [-0.39, 0.29) is 10.8 Å². The van der Waals surface area contributed by atoms with Crippen molar-refractivity contribution in [3.05, 3.63) is 175 Å². The molecular formula is C58H45N3. The molecule has 0 N–H and O–H groups in total. The van der Waals surface area contributed by atoms with Crippen molar-refractivity contribution in [1.82, 2.24) is 8.80 Å². The maximum Gasteiger partial charge on any atom is 0.0783 e. The van der Waals surface area contributed by atoms with Crippen molar-refractivity contribution in [3.8, 4) is 0 Å². The summed E-state index contributed by atoms with van der Waals surface area (Å²) in [5.41, 5.74) is 13.6. The van der Waals surface area contributed by atoms with Crippen molar-refractivity contribution < 1.29 is 0 Å². The van der Waals surface area contributed by atoms with Crippen LogP contribution in [0.15, 0.2) is 164 Å². The zero-order valence-corrected chi connectivity index (χ0v) is 35.4. The molecule has 0 saturated carbocycles. The molecule has 0 unspecified atom stereocenters. The smallest absolute Gasteiger partial charge is 0.0783 e. The fraction of sp³-hybridized carbons (Fsp3) is 0.138. The molecule has 3 heteroatoms. The Labute approximate surface area is 354 Å². The molecule has 0 spiro atoms. The largest absolute Gasteiger partial charge is 0.308 e. The molecule has 4 heterocycles. The van der Waals surface area contributed by atoms with Crippen LogP contribution in [0.5, 0.6) is 0 Å². The molecule has 3 nitrogen and oxygen atoms in total. The fourth-order valence-corrected chi connectivity index (χ4v) is 10.8. The normalized spacial score (nSPS) is 13.1. The minimum atomic E-state index is -0.0766. The predicted molar refractivity (Wildman–Crippen MR) is 263 cm³/mol. The number of anilines is 3. The molecule has 0 saturated heterocycles. The number of aromatic nitrogens is 2. The van der Waals surface area contributed by atoms with Crippen molar-refractivity contribution in [1.29, 1.82) is 0 Å². The first kappa shape index (κ1) is 34.7. The van der Waals surface area contributed by atoms with E-state index in [9.17, 15) is 0 Å². The fourth-order valence-electron chi connectivity index (χ4n) is 10.8. The Bertz CT molecular complexity index is 3890. The number of benzene rings is 9. The summed E-state index contributed by atoms with van der Waals surface area (Å²) >= 11 is 0. The van der Waals surface area contributed by atoms with Crippen LogP contribution in [-0.4, -0.2) is 8.80 Å². The first-order chi connectivity index (χ1) is 29.5. The summed E-state index contributed by atoms with van der Waals surface area (Å²) in [7, 11) is 0. The van der Waals surface area contributed by atoms with Crippen LogP contribution in [0.1, 0.15) is 52.7 Å². The maximum absolute atomic E-state index is 2.63. The summed E-state index contributed by atoms with van der Waals surface area (Å²) < 4.78 is 5.21. The molecule has 4 aromatic heterocycles. The Hall–Kier alpha value is -7.10. The van der Waals surface area contributed by atoms with Gasteiger partial charge in [-0.15, -0.1) is 0 Å². The van der Waals surface area contributed by atoms with E-state index in [4.69, 9.17) is 0 Å². The van der Waals surface area contributed by atoms with Gasteiger partial charge < -0.3 is 13.7 Å². The van der Waals surface area contributed by atoms with Gasteiger partial charge in [0.15, 0.2) is 0 Å². The van der Waals surface area contributed by atoms with E-state index in [2.05, 4.69) is 219 Å². The predicted octanol–water partition coefficient (Wildman–Crippen LogP) is 16.4. The first-order valence-electron chi connectivity index (χ1n) is 21.7. The van der Waals surface area contributed by atoms with E-state index in [0.717, 1.165) is 11.4 Å². The summed E-state index contributed by atoms with van der Waals surface area (Å²) in [4.78, 5) is 2.48. The van der Waals surface area contributed by atoms with Crippen molar-refractivity contribution in [2.75, 3.05) is 4.90 Å². The summed E-state index contributed by atoms with van der Waals surface area (Å²) in [6.45, 7) is 14.1. The summed E-state index contributed by atoms with van der Waals surface area (Å²) in [6, 6.07) is 61.8. The van der Waals surface area contributed by atoms with Gasteiger partial charge in [-0.3, -0.25) is 0 Å². The van der Waals surface area contributed by atoms with Crippen LogP contribution in [0.25, 0.3) is 97.7 Å². The van der Waals surface area contributed by atoms with Crippen molar-refractivity contribution in [3.63, 3.8) is 0 Å². The number of rotatable bonds is 3. The van der Waals surface area contributed by atoms with Gasteiger partial charge in [-0.05, 0) is 116 Å². The standard InChI is InChI=1S/C58H45N3/c1-57(2,3)36-28-45-43-32-49-42(44-27-35-18-14-16-24-41(35)53-52-40-23-15-13-17-34(40)25-26-48(52)60(49)56(44)53)33-50(43)61-54(45)46(29-36)47-30-37(58(4,5)6)31-51(55(47)61)59(38-19-9-7-10-20-38)39-21-11-8-12-22-39/h7-33H,1-6H3. The highest BCUT2D eigenvalue weighted by atomic mass is 15.2. The Morgan fingerprint density at radius 1 is 0.344 bits per heavy atom. The first-order valence-corrected chi connectivity index (χ1v) is 21.7. The Balaban J connectivity index is 1.27. The van der Waals surface area contributed by atoms with Crippen LogP contribution in [0.4, 0.5) is 17.1 Å². The molecule has 292 valence electrons. The van der Waals surface area contributed by atoms with Gasteiger partial charge in [0.25, 0.3) is 0 Å². The highest BCUT2D eigenvalue weighted by Crippen LogP contribution is 2.51.